The van der Waals surface area contributed by atoms with E-state index in [1.807, 2.05) is 17.0 Å². The number of piperazine rings is 1. The summed E-state index contributed by atoms with van der Waals surface area (Å²) < 4.78 is 13.0. The van der Waals surface area contributed by atoms with Gasteiger partial charge < -0.3 is 9.80 Å². The Hall–Kier alpha value is -2.01. The third kappa shape index (κ3) is 4.29. The molecule has 0 aliphatic carbocycles. The molecule has 1 aliphatic heterocycles. The maximum atomic E-state index is 13.0. The molecule has 0 N–H and O–H groups in total. The minimum absolute atomic E-state index is 0.181. The highest BCUT2D eigenvalue weighted by atomic mass is 32.2. The van der Waals surface area contributed by atoms with Crippen molar-refractivity contribution in [1.29, 1.82) is 0 Å². The van der Waals surface area contributed by atoms with Gasteiger partial charge in [0.25, 0.3) is 0 Å². The molecule has 5 heteroatoms. The van der Waals surface area contributed by atoms with Crippen molar-refractivity contribution < 1.29 is 9.18 Å². The van der Waals surface area contributed by atoms with Gasteiger partial charge in [0.15, 0.2) is 0 Å². The van der Waals surface area contributed by atoms with E-state index in [0.29, 0.717) is 18.8 Å². The van der Waals surface area contributed by atoms with Gasteiger partial charge in [0.1, 0.15) is 5.82 Å². The number of hydrogen-bond donors (Lipinski definition) is 0. The van der Waals surface area contributed by atoms with Crippen molar-refractivity contribution in [2.24, 2.45) is 0 Å². The fourth-order valence-electron chi connectivity index (χ4n) is 2.81. The molecule has 0 unspecified atom stereocenters. The summed E-state index contributed by atoms with van der Waals surface area (Å²) in [4.78, 5) is 17.6. The van der Waals surface area contributed by atoms with Gasteiger partial charge in [-0.3, -0.25) is 4.79 Å². The van der Waals surface area contributed by atoms with Crippen LogP contribution in [0.1, 0.15) is 5.56 Å². The highest BCUT2D eigenvalue weighted by molar-refractivity contribution is 8.00. The molecular weight excluding hydrogens is 323 g/mol. The second-order valence-corrected chi connectivity index (χ2v) is 7.00. The van der Waals surface area contributed by atoms with Crippen LogP contribution in [0.5, 0.6) is 0 Å². The number of halogens is 1. The number of anilines is 1. The molecule has 24 heavy (non-hydrogen) atoms. The number of carbonyl (C=O) groups is 1. The Balaban J connectivity index is 1.49. The summed E-state index contributed by atoms with van der Waals surface area (Å²) in [6.45, 7) is 5.05. The lowest BCUT2D eigenvalue weighted by atomic mass is 10.2. The standard InChI is InChI=1S/C19H21FN2OS/c1-15-3-2-4-18(13-15)24-14-19(23)22-11-9-21(10-12-22)17-7-5-16(20)6-8-17/h2-8,13H,9-12,14H2,1H3. The van der Waals surface area contributed by atoms with E-state index >= 15 is 0 Å². The third-order valence-electron chi connectivity index (χ3n) is 4.18. The Morgan fingerprint density at radius 1 is 1.08 bits per heavy atom. The van der Waals surface area contributed by atoms with Gasteiger partial charge in [-0.25, -0.2) is 4.39 Å². The molecule has 0 radical (unpaired) electrons. The molecule has 0 bridgehead atoms. The van der Waals surface area contributed by atoms with E-state index in [1.54, 1.807) is 23.9 Å². The van der Waals surface area contributed by atoms with E-state index in [9.17, 15) is 9.18 Å². The van der Waals surface area contributed by atoms with Crippen LogP contribution < -0.4 is 4.90 Å². The molecule has 1 aliphatic rings. The maximum Gasteiger partial charge on any atom is 0.233 e. The predicted octanol–water partition coefficient (Wildman–Crippen LogP) is 3.58. The first-order valence-electron chi connectivity index (χ1n) is 8.09. The summed E-state index contributed by atoms with van der Waals surface area (Å²) >= 11 is 1.59. The molecule has 0 spiro atoms. The minimum Gasteiger partial charge on any atom is -0.368 e. The lowest BCUT2D eigenvalue weighted by molar-refractivity contribution is -0.128. The normalized spacial score (nSPS) is 14.8. The largest absolute Gasteiger partial charge is 0.368 e. The molecule has 3 rings (SSSR count). The van der Waals surface area contributed by atoms with Crippen molar-refractivity contribution in [3.63, 3.8) is 0 Å². The van der Waals surface area contributed by atoms with Crippen molar-refractivity contribution in [1.82, 2.24) is 4.90 Å². The van der Waals surface area contributed by atoms with Crippen molar-refractivity contribution in [2.75, 3.05) is 36.8 Å². The Morgan fingerprint density at radius 2 is 1.79 bits per heavy atom. The second kappa shape index (κ2) is 7.71. The summed E-state index contributed by atoms with van der Waals surface area (Å²) in [7, 11) is 0. The van der Waals surface area contributed by atoms with Gasteiger partial charge in [-0.15, -0.1) is 11.8 Å². The molecule has 1 fully saturated rings. The summed E-state index contributed by atoms with van der Waals surface area (Å²) in [5, 5.41) is 0. The van der Waals surface area contributed by atoms with E-state index < -0.39 is 0 Å². The topological polar surface area (TPSA) is 23.6 Å². The molecular formula is C19H21FN2OS. The molecule has 0 aromatic heterocycles. The number of rotatable bonds is 4. The van der Waals surface area contributed by atoms with E-state index in [1.165, 1.54) is 17.7 Å². The molecule has 2 aromatic carbocycles. The average molecular weight is 344 g/mol. The Morgan fingerprint density at radius 3 is 2.46 bits per heavy atom. The van der Waals surface area contributed by atoms with Gasteiger partial charge in [-0.2, -0.15) is 0 Å². The van der Waals surface area contributed by atoms with Crippen molar-refractivity contribution in [2.45, 2.75) is 11.8 Å². The molecule has 0 saturated carbocycles. The number of carbonyl (C=O) groups excluding carboxylic acids is 1. The lowest BCUT2D eigenvalue weighted by Crippen LogP contribution is -2.49. The van der Waals surface area contributed by atoms with Gasteiger partial charge in [0.2, 0.25) is 5.91 Å². The monoisotopic (exact) mass is 344 g/mol. The predicted molar refractivity (Wildman–Crippen MR) is 97.1 cm³/mol. The number of hydrogen-bond acceptors (Lipinski definition) is 3. The first-order valence-corrected chi connectivity index (χ1v) is 9.08. The first-order chi connectivity index (χ1) is 11.6. The fraction of sp³-hybridized carbons (Fsp3) is 0.316. The summed E-state index contributed by atoms with van der Waals surface area (Å²) in [5.74, 6) is 0.431. The highest BCUT2D eigenvalue weighted by Gasteiger charge is 2.21. The number of benzene rings is 2. The van der Waals surface area contributed by atoms with Crippen molar-refractivity contribution in [3.05, 3.63) is 59.9 Å². The van der Waals surface area contributed by atoms with Crippen LogP contribution in [0.3, 0.4) is 0 Å². The molecule has 2 aromatic rings. The zero-order valence-electron chi connectivity index (χ0n) is 13.7. The highest BCUT2D eigenvalue weighted by Crippen LogP contribution is 2.21. The van der Waals surface area contributed by atoms with Gasteiger partial charge in [0.05, 0.1) is 5.75 Å². The van der Waals surface area contributed by atoms with Gasteiger partial charge >= 0.3 is 0 Å². The van der Waals surface area contributed by atoms with Gasteiger partial charge in [-0.1, -0.05) is 17.7 Å². The second-order valence-electron chi connectivity index (χ2n) is 5.95. The fourth-order valence-corrected chi connectivity index (χ4v) is 3.72. The maximum absolute atomic E-state index is 13.0. The van der Waals surface area contributed by atoms with Crippen LogP contribution in [0.4, 0.5) is 10.1 Å². The number of aryl methyl sites for hydroxylation is 1. The average Bonchev–Trinajstić information content (AvgIpc) is 2.61. The number of nitrogens with zero attached hydrogens (tertiary/aromatic N) is 2. The van der Waals surface area contributed by atoms with Gasteiger partial charge in [0, 0.05) is 36.8 Å². The summed E-state index contributed by atoms with van der Waals surface area (Å²) in [6, 6.07) is 14.8. The van der Waals surface area contributed by atoms with Crippen LogP contribution in [0.2, 0.25) is 0 Å². The number of amides is 1. The van der Waals surface area contributed by atoms with E-state index in [4.69, 9.17) is 0 Å². The number of thioether (sulfide) groups is 1. The van der Waals surface area contributed by atoms with E-state index in [-0.39, 0.29) is 11.7 Å². The Labute approximate surface area is 146 Å². The lowest BCUT2D eigenvalue weighted by Gasteiger charge is -2.36. The summed E-state index contributed by atoms with van der Waals surface area (Å²) in [5.41, 5.74) is 2.22. The minimum atomic E-state index is -0.222. The van der Waals surface area contributed by atoms with Crippen molar-refractivity contribution in [3.8, 4) is 0 Å². The summed E-state index contributed by atoms with van der Waals surface area (Å²) in [6.07, 6.45) is 0. The zero-order valence-corrected chi connectivity index (χ0v) is 14.6. The van der Waals surface area contributed by atoms with E-state index in [2.05, 4.69) is 24.0 Å². The van der Waals surface area contributed by atoms with Crippen LogP contribution in [-0.4, -0.2) is 42.7 Å². The zero-order chi connectivity index (χ0) is 16.9. The molecule has 3 nitrogen and oxygen atoms in total. The molecule has 0 atom stereocenters. The Kier molecular flexibility index (Phi) is 5.41. The first kappa shape index (κ1) is 16.8. The van der Waals surface area contributed by atoms with Crippen LogP contribution in [0, 0.1) is 12.7 Å². The Bertz CT molecular complexity index is 697. The van der Waals surface area contributed by atoms with Crippen molar-refractivity contribution >= 4 is 23.4 Å². The smallest absolute Gasteiger partial charge is 0.233 e. The quantitative estimate of drug-likeness (QED) is 0.792. The van der Waals surface area contributed by atoms with Crippen LogP contribution in [-0.2, 0) is 4.79 Å². The molecule has 1 heterocycles. The molecule has 1 amide bonds. The SMILES string of the molecule is Cc1cccc(SCC(=O)N2CCN(c3ccc(F)cc3)CC2)c1. The van der Waals surface area contributed by atoms with Crippen LogP contribution in [0.25, 0.3) is 0 Å². The van der Waals surface area contributed by atoms with E-state index in [0.717, 1.165) is 23.7 Å². The molecule has 1 saturated heterocycles. The van der Waals surface area contributed by atoms with Crippen LogP contribution in [0.15, 0.2) is 53.4 Å². The van der Waals surface area contributed by atoms with Gasteiger partial charge in [-0.05, 0) is 43.3 Å². The van der Waals surface area contributed by atoms with Crippen LogP contribution >= 0.6 is 11.8 Å². The third-order valence-corrected chi connectivity index (χ3v) is 5.15. The molecule has 126 valence electrons.